The van der Waals surface area contributed by atoms with Crippen LogP contribution in [-0.2, 0) is 13.6 Å². The highest BCUT2D eigenvalue weighted by atomic mass is 16.3. The number of likely N-dealkylation sites (N-methyl/N-ethyl adjacent to an activating group) is 1. The van der Waals surface area contributed by atoms with Gasteiger partial charge in [0.1, 0.15) is 5.82 Å². The van der Waals surface area contributed by atoms with Gasteiger partial charge in [0.2, 0.25) is 0 Å². The Kier molecular flexibility index (Phi) is 5.59. The molecule has 20 heavy (non-hydrogen) atoms. The molecule has 1 rings (SSSR count). The molecular formula is C15H30N4O. The van der Waals surface area contributed by atoms with Crippen molar-refractivity contribution >= 4 is 5.82 Å². The molecule has 1 aromatic rings. The maximum Gasteiger partial charge on any atom is 0.131 e. The van der Waals surface area contributed by atoms with E-state index in [4.69, 9.17) is 0 Å². The molecule has 116 valence electrons. The van der Waals surface area contributed by atoms with Gasteiger partial charge in [0.05, 0.1) is 11.3 Å². The van der Waals surface area contributed by atoms with E-state index in [1.165, 1.54) is 5.56 Å². The van der Waals surface area contributed by atoms with Gasteiger partial charge in [0.15, 0.2) is 0 Å². The zero-order valence-corrected chi connectivity index (χ0v) is 14.0. The molecule has 0 saturated heterocycles. The zero-order chi connectivity index (χ0) is 15.5. The smallest absolute Gasteiger partial charge is 0.131 e. The van der Waals surface area contributed by atoms with Gasteiger partial charge < -0.3 is 15.3 Å². The standard InChI is InChI=1S/C15H30N4O/c1-11(2)8-16-9-13-12(3)17-19(7)14(13)18(6)10-15(4,5)20/h11,16,20H,8-10H2,1-7H3. The third-order valence-electron chi connectivity index (χ3n) is 3.15. The summed E-state index contributed by atoms with van der Waals surface area (Å²) >= 11 is 0. The second-order valence-electron chi connectivity index (χ2n) is 6.70. The van der Waals surface area contributed by atoms with Crippen LogP contribution < -0.4 is 10.2 Å². The largest absolute Gasteiger partial charge is 0.389 e. The van der Waals surface area contributed by atoms with Crippen LogP contribution in [0, 0.1) is 12.8 Å². The Morgan fingerprint density at radius 2 is 2.00 bits per heavy atom. The van der Waals surface area contributed by atoms with Crippen molar-refractivity contribution in [2.24, 2.45) is 13.0 Å². The van der Waals surface area contributed by atoms with E-state index >= 15 is 0 Å². The van der Waals surface area contributed by atoms with Gasteiger partial charge in [-0.1, -0.05) is 13.8 Å². The van der Waals surface area contributed by atoms with Crippen molar-refractivity contribution in [3.8, 4) is 0 Å². The van der Waals surface area contributed by atoms with Crippen molar-refractivity contribution in [3.63, 3.8) is 0 Å². The molecule has 0 radical (unpaired) electrons. The van der Waals surface area contributed by atoms with Crippen LogP contribution >= 0.6 is 0 Å². The molecule has 0 saturated carbocycles. The first-order valence-electron chi connectivity index (χ1n) is 7.28. The van der Waals surface area contributed by atoms with E-state index in [-0.39, 0.29) is 0 Å². The Morgan fingerprint density at radius 1 is 1.40 bits per heavy atom. The first-order valence-corrected chi connectivity index (χ1v) is 7.28. The van der Waals surface area contributed by atoms with Gasteiger partial charge in [-0.25, -0.2) is 0 Å². The lowest BCUT2D eigenvalue weighted by Gasteiger charge is -2.28. The van der Waals surface area contributed by atoms with E-state index < -0.39 is 5.60 Å². The normalized spacial score (nSPS) is 12.2. The Balaban J connectivity index is 2.89. The monoisotopic (exact) mass is 282 g/mol. The van der Waals surface area contributed by atoms with Gasteiger partial charge in [0.25, 0.3) is 0 Å². The number of hydrogen-bond donors (Lipinski definition) is 2. The average molecular weight is 282 g/mol. The summed E-state index contributed by atoms with van der Waals surface area (Å²) in [7, 11) is 3.95. The predicted octanol–water partition coefficient (Wildman–Crippen LogP) is 1.68. The number of aliphatic hydroxyl groups is 1. The average Bonchev–Trinajstić information content (AvgIpc) is 2.50. The topological polar surface area (TPSA) is 53.3 Å². The lowest BCUT2D eigenvalue weighted by molar-refractivity contribution is 0.0883. The van der Waals surface area contributed by atoms with E-state index in [0.717, 1.165) is 24.6 Å². The van der Waals surface area contributed by atoms with Crippen LogP contribution in [0.1, 0.15) is 39.0 Å². The first-order chi connectivity index (χ1) is 9.11. The van der Waals surface area contributed by atoms with Crippen molar-refractivity contribution in [1.29, 1.82) is 0 Å². The van der Waals surface area contributed by atoms with Gasteiger partial charge in [-0.05, 0) is 33.2 Å². The summed E-state index contributed by atoms with van der Waals surface area (Å²) in [6.45, 7) is 12.4. The molecule has 0 aliphatic carbocycles. The summed E-state index contributed by atoms with van der Waals surface area (Å²) < 4.78 is 1.90. The first kappa shape index (κ1) is 17.0. The molecule has 0 bridgehead atoms. The SMILES string of the molecule is Cc1nn(C)c(N(C)CC(C)(C)O)c1CNCC(C)C. The molecule has 0 aliphatic rings. The van der Waals surface area contributed by atoms with Crippen LogP contribution in [0.25, 0.3) is 0 Å². The van der Waals surface area contributed by atoms with Crippen LogP contribution in [0.2, 0.25) is 0 Å². The minimum absolute atomic E-state index is 0.573. The summed E-state index contributed by atoms with van der Waals surface area (Å²) in [5.74, 6) is 1.70. The summed E-state index contributed by atoms with van der Waals surface area (Å²) in [5, 5.41) is 18.0. The summed E-state index contributed by atoms with van der Waals surface area (Å²) in [6, 6.07) is 0. The molecule has 0 aliphatic heterocycles. The third-order valence-corrected chi connectivity index (χ3v) is 3.15. The summed E-state index contributed by atoms with van der Waals surface area (Å²) in [5.41, 5.74) is 1.52. The van der Waals surface area contributed by atoms with Crippen LogP contribution in [-0.4, -0.2) is 40.6 Å². The molecular weight excluding hydrogens is 252 g/mol. The molecule has 1 heterocycles. The summed E-state index contributed by atoms with van der Waals surface area (Å²) in [4.78, 5) is 2.08. The lowest BCUT2D eigenvalue weighted by atomic mass is 10.1. The van der Waals surface area contributed by atoms with Crippen molar-refractivity contribution in [3.05, 3.63) is 11.3 Å². The van der Waals surface area contributed by atoms with Crippen molar-refractivity contribution in [2.75, 3.05) is 25.0 Å². The second kappa shape index (κ2) is 6.59. The number of nitrogens with zero attached hydrogens (tertiary/aromatic N) is 3. The Labute approximate surface area is 123 Å². The van der Waals surface area contributed by atoms with E-state index in [1.807, 2.05) is 39.5 Å². The Morgan fingerprint density at radius 3 is 2.50 bits per heavy atom. The van der Waals surface area contributed by atoms with Gasteiger partial charge in [0, 0.05) is 32.7 Å². The quantitative estimate of drug-likeness (QED) is 0.799. The zero-order valence-electron chi connectivity index (χ0n) is 14.0. The number of rotatable bonds is 7. The van der Waals surface area contributed by atoms with E-state index in [1.54, 1.807) is 0 Å². The van der Waals surface area contributed by atoms with E-state index in [2.05, 4.69) is 29.2 Å². The number of aromatic nitrogens is 2. The molecule has 0 spiro atoms. The third kappa shape index (κ3) is 4.80. The fourth-order valence-electron chi connectivity index (χ4n) is 2.52. The Hall–Kier alpha value is -1.07. The minimum Gasteiger partial charge on any atom is -0.389 e. The van der Waals surface area contributed by atoms with Crippen LogP contribution in [0.3, 0.4) is 0 Å². The molecule has 0 amide bonds. The van der Waals surface area contributed by atoms with Crippen molar-refractivity contribution in [2.45, 2.75) is 46.8 Å². The highest BCUT2D eigenvalue weighted by Gasteiger charge is 2.22. The van der Waals surface area contributed by atoms with Gasteiger partial charge in [-0.2, -0.15) is 5.10 Å². The summed E-state index contributed by atoms with van der Waals surface area (Å²) in [6.07, 6.45) is 0. The maximum atomic E-state index is 10.00. The molecule has 0 aromatic carbocycles. The number of aryl methyl sites for hydroxylation is 2. The highest BCUT2D eigenvalue weighted by Crippen LogP contribution is 2.23. The van der Waals surface area contributed by atoms with Crippen molar-refractivity contribution < 1.29 is 5.11 Å². The molecule has 1 aromatic heterocycles. The fraction of sp³-hybridized carbons (Fsp3) is 0.800. The molecule has 5 nitrogen and oxygen atoms in total. The van der Waals surface area contributed by atoms with Crippen LogP contribution in [0.5, 0.6) is 0 Å². The maximum absolute atomic E-state index is 10.00. The lowest BCUT2D eigenvalue weighted by Crippen LogP contribution is -2.37. The molecule has 2 N–H and O–H groups in total. The fourth-order valence-corrected chi connectivity index (χ4v) is 2.52. The number of anilines is 1. The molecule has 0 atom stereocenters. The minimum atomic E-state index is -0.727. The predicted molar refractivity (Wildman–Crippen MR) is 84.1 cm³/mol. The van der Waals surface area contributed by atoms with Gasteiger partial charge in [-0.3, -0.25) is 4.68 Å². The van der Waals surface area contributed by atoms with E-state index in [0.29, 0.717) is 12.5 Å². The molecule has 5 heteroatoms. The Bertz CT molecular complexity index is 432. The number of hydrogen-bond acceptors (Lipinski definition) is 4. The second-order valence-corrected chi connectivity index (χ2v) is 6.70. The van der Waals surface area contributed by atoms with Gasteiger partial charge >= 0.3 is 0 Å². The highest BCUT2D eigenvalue weighted by molar-refractivity contribution is 5.49. The van der Waals surface area contributed by atoms with Crippen LogP contribution in [0.4, 0.5) is 5.82 Å². The van der Waals surface area contributed by atoms with Crippen LogP contribution in [0.15, 0.2) is 0 Å². The molecule has 0 fully saturated rings. The van der Waals surface area contributed by atoms with Crippen molar-refractivity contribution in [1.82, 2.24) is 15.1 Å². The van der Waals surface area contributed by atoms with Gasteiger partial charge in [-0.15, -0.1) is 0 Å². The molecule has 0 unspecified atom stereocenters. The number of nitrogens with one attached hydrogen (secondary N) is 1. The van der Waals surface area contributed by atoms with E-state index in [9.17, 15) is 5.11 Å².